The molecule has 1 N–H and O–H groups in total. The first-order valence-electron chi connectivity index (χ1n) is 7.43. The van der Waals surface area contributed by atoms with Gasteiger partial charge in [0.2, 0.25) is 0 Å². The zero-order valence-corrected chi connectivity index (χ0v) is 12.2. The SMILES string of the molecule is CCNC(CN1CCCCC1)c1cccc(OC)c1. The van der Waals surface area contributed by atoms with E-state index >= 15 is 0 Å². The second-order valence-electron chi connectivity index (χ2n) is 5.25. The van der Waals surface area contributed by atoms with Gasteiger partial charge >= 0.3 is 0 Å². The first-order chi connectivity index (χ1) is 9.33. The fourth-order valence-corrected chi connectivity index (χ4v) is 2.79. The second-order valence-corrected chi connectivity index (χ2v) is 5.25. The van der Waals surface area contributed by atoms with Crippen LogP contribution >= 0.6 is 0 Å². The minimum atomic E-state index is 0.401. The van der Waals surface area contributed by atoms with Gasteiger partial charge in [-0.2, -0.15) is 0 Å². The fraction of sp³-hybridized carbons (Fsp3) is 0.625. The van der Waals surface area contributed by atoms with E-state index in [1.54, 1.807) is 7.11 Å². The topological polar surface area (TPSA) is 24.5 Å². The van der Waals surface area contributed by atoms with Crippen LogP contribution in [0.4, 0.5) is 0 Å². The second kappa shape index (κ2) is 7.51. The Morgan fingerprint density at radius 1 is 1.26 bits per heavy atom. The zero-order valence-electron chi connectivity index (χ0n) is 12.2. The molecule has 19 heavy (non-hydrogen) atoms. The van der Waals surface area contributed by atoms with Gasteiger partial charge in [-0.1, -0.05) is 25.5 Å². The van der Waals surface area contributed by atoms with Crippen LogP contribution in [-0.4, -0.2) is 38.2 Å². The largest absolute Gasteiger partial charge is 0.497 e. The van der Waals surface area contributed by atoms with Crippen LogP contribution in [0.5, 0.6) is 5.75 Å². The average Bonchev–Trinajstić information content (AvgIpc) is 2.48. The van der Waals surface area contributed by atoms with E-state index in [0.29, 0.717) is 6.04 Å². The number of ether oxygens (including phenoxy) is 1. The highest BCUT2D eigenvalue weighted by Crippen LogP contribution is 2.21. The van der Waals surface area contributed by atoms with Gasteiger partial charge in [0.25, 0.3) is 0 Å². The standard InChI is InChI=1S/C16H26N2O/c1-3-17-16(13-18-10-5-4-6-11-18)14-8-7-9-15(12-14)19-2/h7-9,12,16-17H,3-6,10-11,13H2,1-2H3. The van der Waals surface area contributed by atoms with Crippen LogP contribution in [0.15, 0.2) is 24.3 Å². The van der Waals surface area contributed by atoms with E-state index < -0.39 is 0 Å². The van der Waals surface area contributed by atoms with E-state index in [2.05, 4.69) is 35.3 Å². The predicted octanol–water partition coefficient (Wildman–Crippen LogP) is 2.83. The van der Waals surface area contributed by atoms with Crippen LogP contribution in [-0.2, 0) is 0 Å². The van der Waals surface area contributed by atoms with E-state index in [1.165, 1.54) is 37.9 Å². The minimum absolute atomic E-state index is 0.401. The van der Waals surface area contributed by atoms with Crippen molar-refractivity contribution in [2.45, 2.75) is 32.2 Å². The summed E-state index contributed by atoms with van der Waals surface area (Å²) in [5.41, 5.74) is 1.33. The lowest BCUT2D eigenvalue weighted by Crippen LogP contribution is -2.38. The highest BCUT2D eigenvalue weighted by atomic mass is 16.5. The zero-order chi connectivity index (χ0) is 13.5. The van der Waals surface area contributed by atoms with Crippen molar-refractivity contribution in [2.75, 3.05) is 33.3 Å². The maximum absolute atomic E-state index is 5.33. The number of likely N-dealkylation sites (N-methyl/N-ethyl adjacent to an activating group) is 1. The van der Waals surface area contributed by atoms with Crippen molar-refractivity contribution in [3.8, 4) is 5.75 Å². The molecule has 3 heteroatoms. The van der Waals surface area contributed by atoms with Crippen molar-refractivity contribution in [1.82, 2.24) is 10.2 Å². The van der Waals surface area contributed by atoms with Gasteiger partial charge in [0.15, 0.2) is 0 Å². The molecule has 0 spiro atoms. The maximum atomic E-state index is 5.33. The molecule has 0 amide bonds. The Kier molecular flexibility index (Phi) is 5.67. The van der Waals surface area contributed by atoms with Crippen LogP contribution in [0.3, 0.4) is 0 Å². The summed E-state index contributed by atoms with van der Waals surface area (Å²) < 4.78 is 5.33. The normalized spacial score (nSPS) is 18.2. The van der Waals surface area contributed by atoms with Crippen LogP contribution in [0.25, 0.3) is 0 Å². The number of benzene rings is 1. The summed E-state index contributed by atoms with van der Waals surface area (Å²) in [6.45, 7) is 6.75. The monoisotopic (exact) mass is 262 g/mol. The quantitative estimate of drug-likeness (QED) is 0.853. The molecule has 1 fully saturated rings. The molecule has 3 nitrogen and oxygen atoms in total. The molecule has 106 valence electrons. The van der Waals surface area contributed by atoms with E-state index in [1.807, 2.05) is 6.07 Å². The average molecular weight is 262 g/mol. The Balaban J connectivity index is 2.04. The molecule has 0 saturated carbocycles. The summed E-state index contributed by atoms with van der Waals surface area (Å²) in [6, 6.07) is 8.83. The molecule has 1 atom stereocenters. The van der Waals surface area contributed by atoms with Gasteiger partial charge in [-0.05, 0) is 50.2 Å². The first kappa shape index (κ1) is 14.4. The third kappa shape index (κ3) is 4.22. The van der Waals surface area contributed by atoms with Gasteiger partial charge < -0.3 is 15.0 Å². The number of nitrogens with zero attached hydrogens (tertiary/aromatic N) is 1. The molecule has 1 aliphatic rings. The lowest BCUT2D eigenvalue weighted by Gasteiger charge is -2.31. The highest BCUT2D eigenvalue weighted by Gasteiger charge is 2.17. The number of rotatable bonds is 6. The molecule has 1 aromatic rings. The molecule has 0 bridgehead atoms. The van der Waals surface area contributed by atoms with Crippen LogP contribution in [0.1, 0.15) is 37.8 Å². The molecule has 2 rings (SSSR count). The molecule has 1 aromatic carbocycles. The third-order valence-corrected chi connectivity index (χ3v) is 3.84. The number of hydrogen-bond acceptors (Lipinski definition) is 3. The maximum Gasteiger partial charge on any atom is 0.119 e. The Morgan fingerprint density at radius 3 is 2.74 bits per heavy atom. The van der Waals surface area contributed by atoms with E-state index in [0.717, 1.165) is 18.8 Å². The van der Waals surface area contributed by atoms with Crippen LogP contribution in [0, 0.1) is 0 Å². The molecule has 0 radical (unpaired) electrons. The van der Waals surface area contributed by atoms with Crippen molar-refractivity contribution in [3.05, 3.63) is 29.8 Å². The first-order valence-corrected chi connectivity index (χ1v) is 7.43. The predicted molar refractivity (Wildman–Crippen MR) is 79.7 cm³/mol. The summed E-state index contributed by atoms with van der Waals surface area (Å²) in [5, 5.41) is 3.60. The Bertz CT molecular complexity index is 375. The fourth-order valence-electron chi connectivity index (χ4n) is 2.79. The number of piperidine rings is 1. The molecule has 0 aliphatic carbocycles. The summed E-state index contributed by atoms with van der Waals surface area (Å²) in [7, 11) is 1.73. The van der Waals surface area contributed by atoms with Crippen molar-refractivity contribution in [1.29, 1.82) is 0 Å². The molecule has 1 aliphatic heterocycles. The van der Waals surface area contributed by atoms with E-state index in [-0.39, 0.29) is 0 Å². The van der Waals surface area contributed by atoms with Gasteiger partial charge in [0.1, 0.15) is 5.75 Å². The molecule has 1 saturated heterocycles. The van der Waals surface area contributed by atoms with E-state index in [4.69, 9.17) is 4.74 Å². The molecule has 0 aromatic heterocycles. The molecule has 1 heterocycles. The Labute approximate surface area is 116 Å². The van der Waals surface area contributed by atoms with Gasteiger partial charge in [-0.25, -0.2) is 0 Å². The van der Waals surface area contributed by atoms with Gasteiger partial charge in [0, 0.05) is 12.6 Å². The summed E-state index contributed by atoms with van der Waals surface area (Å²) in [6.07, 6.45) is 4.08. The lowest BCUT2D eigenvalue weighted by molar-refractivity contribution is 0.206. The molecule has 1 unspecified atom stereocenters. The lowest BCUT2D eigenvalue weighted by atomic mass is 10.0. The summed E-state index contributed by atoms with van der Waals surface area (Å²) >= 11 is 0. The number of hydrogen-bond donors (Lipinski definition) is 1. The summed E-state index contributed by atoms with van der Waals surface area (Å²) in [5.74, 6) is 0.944. The number of likely N-dealkylation sites (tertiary alicyclic amines) is 1. The van der Waals surface area contributed by atoms with Gasteiger partial charge in [-0.15, -0.1) is 0 Å². The van der Waals surface area contributed by atoms with Crippen molar-refractivity contribution in [3.63, 3.8) is 0 Å². The molecular formula is C16H26N2O. The molecular weight excluding hydrogens is 236 g/mol. The van der Waals surface area contributed by atoms with E-state index in [9.17, 15) is 0 Å². The van der Waals surface area contributed by atoms with Gasteiger partial charge in [-0.3, -0.25) is 0 Å². The van der Waals surface area contributed by atoms with Crippen molar-refractivity contribution >= 4 is 0 Å². The van der Waals surface area contributed by atoms with Crippen LogP contribution < -0.4 is 10.1 Å². The number of methoxy groups -OCH3 is 1. The Morgan fingerprint density at radius 2 is 2.05 bits per heavy atom. The highest BCUT2D eigenvalue weighted by molar-refractivity contribution is 5.30. The smallest absolute Gasteiger partial charge is 0.119 e. The van der Waals surface area contributed by atoms with Crippen molar-refractivity contribution < 1.29 is 4.74 Å². The minimum Gasteiger partial charge on any atom is -0.497 e. The van der Waals surface area contributed by atoms with Crippen LogP contribution in [0.2, 0.25) is 0 Å². The number of nitrogens with one attached hydrogen (secondary N) is 1. The van der Waals surface area contributed by atoms with Gasteiger partial charge in [0.05, 0.1) is 7.11 Å². The van der Waals surface area contributed by atoms with Crippen molar-refractivity contribution in [2.24, 2.45) is 0 Å². The summed E-state index contributed by atoms with van der Waals surface area (Å²) in [4.78, 5) is 2.58. The Hall–Kier alpha value is -1.06. The third-order valence-electron chi connectivity index (χ3n) is 3.84.